The van der Waals surface area contributed by atoms with Gasteiger partial charge in [0.1, 0.15) is 5.82 Å². The summed E-state index contributed by atoms with van der Waals surface area (Å²) < 4.78 is 45.0. The van der Waals surface area contributed by atoms with Gasteiger partial charge < -0.3 is 4.42 Å². The first kappa shape index (κ1) is 19.1. The molecule has 0 fully saturated rings. The van der Waals surface area contributed by atoms with Gasteiger partial charge in [-0.3, -0.25) is 25.2 Å². The number of hydrogen-bond donors (Lipinski definition) is 3. The highest BCUT2D eigenvalue weighted by Gasteiger charge is 2.17. The second-order valence-corrected chi connectivity index (χ2v) is 7.21. The number of hydrazine groups is 1. The van der Waals surface area contributed by atoms with E-state index in [4.69, 9.17) is 4.42 Å². The van der Waals surface area contributed by atoms with Gasteiger partial charge in [-0.05, 0) is 54.6 Å². The molecule has 1 heterocycles. The van der Waals surface area contributed by atoms with Gasteiger partial charge in [-0.15, -0.1) is 0 Å². The SMILES string of the molecule is O=C(NNC(=O)c1ccco1)c1cccc(S(=O)(=O)Nc2ccc(F)cc2)c1. The molecular weight excluding hydrogens is 389 g/mol. The zero-order chi connectivity index (χ0) is 20.1. The topological polar surface area (TPSA) is 118 Å². The molecule has 0 aliphatic heterocycles. The summed E-state index contributed by atoms with van der Waals surface area (Å²) in [7, 11) is -4.00. The van der Waals surface area contributed by atoms with Crippen molar-refractivity contribution < 1.29 is 26.8 Å². The molecule has 28 heavy (non-hydrogen) atoms. The average Bonchev–Trinajstić information content (AvgIpc) is 3.22. The number of carbonyl (C=O) groups excluding carboxylic acids is 2. The van der Waals surface area contributed by atoms with Crippen molar-refractivity contribution in [3.8, 4) is 0 Å². The van der Waals surface area contributed by atoms with E-state index in [9.17, 15) is 22.4 Å². The quantitative estimate of drug-likeness (QED) is 0.565. The number of benzene rings is 2. The first-order valence-corrected chi connectivity index (χ1v) is 9.36. The van der Waals surface area contributed by atoms with Crippen molar-refractivity contribution in [1.82, 2.24) is 10.9 Å². The van der Waals surface area contributed by atoms with E-state index < -0.39 is 27.7 Å². The third kappa shape index (κ3) is 4.54. The first-order chi connectivity index (χ1) is 13.3. The van der Waals surface area contributed by atoms with Gasteiger partial charge in [0, 0.05) is 11.3 Å². The van der Waals surface area contributed by atoms with Crippen LogP contribution in [-0.2, 0) is 10.0 Å². The molecule has 3 rings (SSSR count). The van der Waals surface area contributed by atoms with E-state index in [2.05, 4.69) is 15.6 Å². The lowest BCUT2D eigenvalue weighted by molar-refractivity contribution is 0.0831. The van der Waals surface area contributed by atoms with Crippen LogP contribution < -0.4 is 15.6 Å². The fourth-order valence-corrected chi connectivity index (χ4v) is 3.30. The van der Waals surface area contributed by atoms with E-state index in [1.54, 1.807) is 0 Å². The normalized spacial score (nSPS) is 10.9. The molecule has 0 aliphatic rings. The molecule has 10 heteroatoms. The Hall–Kier alpha value is -3.66. The van der Waals surface area contributed by atoms with Crippen molar-refractivity contribution in [2.75, 3.05) is 4.72 Å². The van der Waals surface area contributed by atoms with Crippen molar-refractivity contribution in [1.29, 1.82) is 0 Å². The van der Waals surface area contributed by atoms with Crippen LogP contribution in [0.4, 0.5) is 10.1 Å². The van der Waals surface area contributed by atoms with Crippen molar-refractivity contribution in [3.63, 3.8) is 0 Å². The third-order valence-corrected chi connectivity index (χ3v) is 4.92. The van der Waals surface area contributed by atoms with Crippen LogP contribution in [0.3, 0.4) is 0 Å². The number of amides is 2. The molecule has 0 spiro atoms. The largest absolute Gasteiger partial charge is 0.459 e. The number of carbonyl (C=O) groups is 2. The lowest BCUT2D eigenvalue weighted by Crippen LogP contribution is -2.41. The third-order valence-electron chi connectivity index (χ3n) is 3.54. The zero-order valence-electron chi connectivity index (χ0n) is 14.2. The Kier molecular flexibility index (Phi) is 5.41. The molecule has 144 valence electrons. The van der Waals surface area contributed by atoms with Crippen LogP contribution in [0.15, 0.2) is 76.2 Å². The van der Waals surface area contributed by atoms with Crippen molar-refractivity contribution >= 4 is 27.5 Å². The van der Waals surface area contributed by atoms with E-state index in [0.29, 0.717) is 0 Å². The predicted molar refractivity (Wildman–Crippen MR) is 97.3 cm³/mol. The maximum atomic E-state index is 12.9. The highest BCUT2D eigenvalue weighted by atomic mass is 32.2. The molecule has 0 saturated carbocycles. The monoisotopic (exact) mass is 403 g/mol. The van der Waals surface area contributed by atoms with Crippen LogP contribution in [0.25, 0.3) is 0 Å². The number of hydrogen-bond acceptors (Lipinski definition) is 5. The molecule has 1 aromatic heterocycles. The molecule has 0 atom stereocenters. The summed E-state index contributed by atoms with van der Waals surface area (Å²) in [5, 5.41) is 0. The first-order valence-electron chi connectivity index (χ1n) is 7.88. The van der Waals surface area contributed by atoms with E-state index in [0.717, 1.165) is 18.2 Å². The number of anilines is 1. The lowest BCUT2D eigenvalue weighted by atomic mass is 10.2. The Bertz CT molecular complexity index is 1100. The highest BCUT2D eigenvalue weighted by Crippen LogP contribution is 2.17. The molecule has 0 unspecified atom stereocenters. The Labute approximate surface area is 159 Å². The number of rotatable bonds is 5. The van der Waals surface area contributed by atoms with Gasteiger partial charge in [0.2, 0.25) is 0 Å². The van der Waals surface area contributed by atoms with Gasteiger partial charge in [0.05, 0.1) is 11.2 Å². The standard InChI is InChI=1S/C18H14FN3O5S/c19-13-6-8-14(9-7-13)22-28(25,26)15-4-1-3-12(11-15)17(23)20-21-18(24)16-5-2-10-27-16/h1-11,22H,(H,20,23)(H,21,24). The Morgan fingerprint density at radius 3 is 2.29 bits per heavy atom. The predicted octanol–water partition coefficient (Wildman–Crippen LogP) is 2.29. The van der Waals surface area contributed by atoms with Crippen LogP contribution in [0.1, 0.15) is 20.9 Å². The van der Waals surface area contributed by atoms with E-state index in [1.165, 1.54) is 48.7 Å². The van der Waals surface area contributed by atoms with Crippen LogP contribution >= 0.6 is 0 Å². The Morgan fingerprint density at radius 2 is 1.61 bits per heavy atom. The minimum Gasteiger partial charge on any atom is -0.459 e. The highest BCUT2D eigenvalue weighted by molar-refractivity contribution is 7.92. The summed E-state index contributed by atoms with van der Waals surface area (Å²) in [6.45, 7) is 0. The fourth-order valence-electron chi connectivity index (χ4n) is 2.19. The molecule has 0 bridgehead atoms. The number of halogens is 1. The van der Waals surface area contributed by atoms with Crippen LogP contribution in [-0.4, -0.2) is 20.2 Å². The number of furan rings is 1. The molecule has 0 aliphatic carbocycles. The summed E-state index contributed by atoms with van der Waals surface area (Å²) >= 11 is 0. The van der Waals surface area contributed by atoms with Gasteiger partial charge in [0.25, 0.3) is 15.9 Å². The smallest absolute Gasteiger partial charge is 0.305 e. The molecule has 0 saturated heterocycles. The lowest BCUT2D eigenvalue weighted by Gasteiger charge is -2.10. The summed E-state index contributed by atoms with van der Waals surface area (Å²) in [5.41, 5.74) is 4.49. The molecule has 0 radical (unpaired) electrons. The molecule has 2 aromatic carbocycles. The van der Waals surface area contributed by atoms with Gasteiger partial charge in [-0.25, -0.2) is 12.8 Å². The van der Waals surface area contributed by atoms with Crippen molar-refractivity contribution in [2.45, 2.75) is 4.90 Å². The van der Waals surface area contributed by atoms with Crippen LogP contribution in [0.2, 0.25) is 0 Å². The van der Waals surface area contributed by atoms with E-state index >= 15 is 0 Å². The van der Waals surface area contributed by atoms with Gasteiger partial charge in [-0.1, -0.05) is 6.07 Å². The minimum absolute atomic E-state index is 0.000117. The zero-order valence-corrected chi connectivity index (χ0v) is 15.0. The number of sulfonamides is 1. The van der Waals surface area contributed by atoms with Gasteiger partial charge in [-0.2, -0.15) is 0 Å². The van der Waals surface area contributed by atoms with Crippen LogP contribution in [0.5, 0.6) is 0 Å². The minimum atomic E-state index is -4.00. The van der Waals surface area contributed by atoms with E-state index in [-0.39, 0.29) is 21.9 Å². The maximum Gasteiger partial charge on any atom is 0.305 e. The van der Waals surface area contributed by atoms with Crippen molar-refractivity contribution in [3.05, 3.63) is 84.1 Å². The summed E-state index contributed by atoms with van der Waals surface area (Å²) in [4.78, 5) is 23.7. The second kappa shape index (κ2) is 7.92. The van der Waals surface area contributed by atoms with E-state index in [1.807, 2.05) is 0 Å². The second-order valence-electron chi connectivity index (χ2n) is 5.53. The van der Waals surface area contributed by atoms with Gasteiger partial charge >= 0.3 is 5.91 Å². The molecule has 3 N–H and O–H groups in total. The summed E-state index contributed by atoms with van der Waals surface area (Å²) in [6.07, 6.45) is 1.30. The number of nitrogens with one attached hydrogen (secondary N) is 3. The Balaban J connectivity index is 1.71. The molecular formula is C18H14FN3O5S. The molecule has 3 aromatic rings. The summed E-state index contributed by atoms with van der Waals surface area (Å²) in [6, 6.07) is 12.9. The Morgan fingerprint density at radius 1 is 0.893 bits per heavy atom. The molecule has 2 amide bonds. The fraction of sp³-hybridized carbons (Fsp3) is 0. The average molecular weight is 403 g/mol. The van der Waals surface area contributed by atoms with Crippen LogP contribution in [0, 0.1) is 5.82 Å². The summed E-state index contributed by atoms with van der Waals surface area (Å²) in [5.74, 6) is -1.89. The van der Waals surface area contributed by atoms with Gasteiger partial charge in [0.15, 0.2) is 5.76 Å². The van der Waals surface area contributed by atoms with Crippen molar-refractivity contribution in [2.24, 2.45) is 0 Å². The molecule has 8 nitrogen and oxygen atoms in total. The maximum absolute atomic E-state index is 12.9.